The van der Waals surface area contributed by atoms with Gasteiger partial charge in [0.05, 0.1) is 5.69 Å². The molecule has 0 radical (unpaired) electrons. The van der Waals surface area contributed by atoms with Crippen LogP contribution in [0, 0.1) is 0 Å². The molecular weight excluding hydrogens is 184 g/mol. The van der Waals surface area contributed by atoms with Crippen LogP contribution in [0.2, 0.25) is 0 Å². The molecule has 0 aliphatic heterocycles. The van der Waals surface area contributed by atoms with E-state index in [-0.39, 0.29) is 0 Å². The number of aromatic nitrogens is 2. The van der Waals surface area contributed by atoms with Gasteiger partial charge in [-0.1, -0.05) is 44.2 Å². The lowest BCUT2D eigenvalue weighted by Crippen LogP contribution is -1.90. The smallest absolute Gasteiger partial charge is 0.139 e. The zero-order valence-corrected chi connectivity index (χ0v) is 9.44. The molecule has 0 aliphatic carbocycles. The average Bonchev–Trinajstić information content (AvgIpc) is 2.62. The molecule has 0 bridgehead atoms. The van der Waals surface area contributed by atoms with Gasteiger partial charge in [-0.25, -0.2) is 4.98 Å². The Bertz CT molecular complexity index is 441. The zero-order chi connectivity index (χ0) is 10.8. The van der Waals surface area contributed by atoms with Gasteiger partial charge in [-0.2, -0.15) is 0 Å². The van der Waals surface area contributed by atoms with Crippen molar-refractivity contribution in [2.24, 2.45) is 7.05 Å². The first-order valence-electron chi connectivity index (χ1n) is 5.27. The minimum atomic E-state index is 0.480. The summed E-state index contributed by atoms with van der Waals surface area (Å²) in [5.41, 5.74) is 2.32. The number of hydrogen-bond acceptors (Lipinski definition) is 1. The summed E-state index contributed by atoms with van der Waals surface area (Å²) < 4.78 is 2.09. The van der Waals surface area contributed by atoms with Crippen LogP contribution in [-0.2, 0) is 7.05 Å². The van der Waals surface area contributed by atoms with Crippen LogP contribution in [0.3, 0.4) is 0 Å². The van der Waals surface area contributed by atoms with Gasteiger partial charge in [0.15, 0.2) is 0 Å². The van der Waals surface area contributed by atoms with E-state index in [2.05, 4.69) is 41.7 Å². The van der Waals surface area contributed by atoms with Crippen LogP contribution < -0.4 is 0 Å². The minimum absolute atomic E-state index is 0.480. The summed E-state index contributed by atoms with van der Waals surface area (Å²) in [7, 11) is 2.04. The van der Waals surface area contributed by atoms with Crippen molar-refractivity contribution < 1.29 is 0 Å². The fourth-order valence-corrected chi connectivity index (χ4v) is 1.62. The first kappa shape index (κ1) is 9.97. The molecule has 2 nitrogen and oxygen atoms in total. The van der Waals surface area contributed by atoms with Gasteiger partial charge >= 0.3 is 0 Å². The number of aryl methyl sites for hydroxylation is 1. The molecule has 0 spiro atoms. The number of hydrogen-bond donors (Lipinski definition) is 0. The third-order valence-electron chi connectivity index (χ3n) is 2.52. The van der Waals surface area contributed by atoms with Crippen LogP contribution >= 0.6 is 0 Å². The molecule has 2 rings (SSSR count). The molecule has 0 unspecified atom stereocenters. The van der Waals surface area contributed by atoms with E-state index in [9.17, 15) is 0 Å². The van der Waals surface area contributed by atoms with Crippen molar-refractivity contribution in [3.63, 3.8) is 0 Å². The van der Waals surface area contributed by atoms with E-state index in [4.69, 9.17) is 0 Å². The summed E-state index contributed by atoms with van der Waals surface area (Å²) in [6.45, 7) is 4.33. The highest BCUT2D eigenvalue weighted by atomic mass is 15.0. The van der Waals surface area contributed by atoms with Crippen molar-refractivity contribution in [3.8, 4) is 11.4 Å². The SMILES string of the molecule is CC(C)c1cn(C)c(-c2ccccc2)n1. The first-order valence-corrected chi connectivity index (χ1v) is 5.27. The Kier molecular flexibility index (Phi) is 2.58. The highest BCUT2D eigenvalue weighted by molar-refractivity contribution is 5.55. The Hall–Kier alpha value is -1.57. The minimum Gasteiger partial charge on any atom is -0.334 e. The van der Waals surface area contributed by atoms with Crippen molar-refractivity contribution in [2.45, 2.75) is 19.8 Å². The maximum Gasteiger partial charge on any atom is 0.139 e. The number of imidazole rings is 1. The third kappa shape index (κ3) is 1.94. The molecule has 0 amide bonds. The van der Waals surface area contributed by atoms with Crippen molar-refractivity contribution in [3.05, 3.63) is 42.2 Å². The molecule has 0 fully saturated rings. The van der Waals surface area contributed by atoms with Crippen molar-refractivity contribution in [1.29, 1.82) is 0 Å². The summed E-state index contributed by atoms with van der Waals surface area (Å²) in [5, 5.41) is 0. The molecular formula is C13H16N2. The van der Waals surface area contributed by atoms with Crippen LogP contribution in [0.15, 0.2) is 36.5 Å². The number of nitrogens with zero attached hydrogens (tertiary/aromatic N) is 2. The summed E-state index contributed by atoms with van der Waals surface area (Å²) in [6, 6.07) is 10.3. The molecule has 2 heteroatoms. The molecule has 0 N–H and O–H groups in total. The van der Waals surface area contributed by atoms with Crippen LogP contribution in [-0.4, -0.2) is 9.55 Å². The van der Waals surface area contributed by atoms with Gasteiger partial charge < -0.3 is 4.57 Å². The lowest BCUT2D eigenvalue weighted by atomic mass is 10.1. The summed E-state index contributed by atoms with van der Waals surface area (Å²) >= 11 is 0. The molecule has 0 saturated heterocycles. The molecule has 2 aromatic rings. The fourth-order valence-electron chi connectivity index (χ4n) is 1.62. The predicted octanol–water partition coefficient (Wildman–Crippen LogP) is 3.21. The Labute approximate surface area is 90.6 Å². The summed E-state index contributed by atoms with van der Waals surface area (Å²) in [4.78, 5) is 4.64. The van der Waals surface area contributed by atoms with Crippen LogP contribution in [0.4, 0.5) is 0 Å². The van der Waals surface area contributed by atoms with Crippen LogP contribution in [0.25, 0.3) is 11.4 Å². The normalized spacial score (nSPS) is 10.9. The first-order chi connectivity index (χ1) is 7.18. The second-order valence-electron chi connectivity index (χ2n) is 4.12. The van der Waals surface area contributed by atoms with Crippen molar-refractivity contribution >= 4 is 0 Å². The Balaban J connectivity index is 2.45. The molecule has 15 heavy (non-hydrogen) atoms. The molecule has 0 aliphatic rings. The van der Waals surface area contributed by atoms with Gasteiger partial charge in [-0.3, -0.25) is 0 Å². The number of rotatable bonds is 2. The second kappa shape index (κ2) is 3.89. The largest absolute Gasteiger partial charge is 0.334 e. The molecule has 78 valence electrons. The quantitative estimate of drug-likeness (QED) is 0.727. The molecule has 1 aromatic heterocycles. The Morgan fingerprint density at radius 2 is 1.80 bits per heavy atom. The van der Waals surface area contributed by atoms with E-state index in [1.807, 2.05) is 25.2 Å². The standard InChI is InChI=1S/C13H16N2/c1-10(2)12-9-15(3)13(14-12)11-7-5-4-6-8-11/h4-10H,1-3H3. The fraction of sp³-hybridized carbons (Fsp3) is 0.308. The molecule has 1 heterocycles. The Morgan fingerprint density at radius 1 is 1.13 bits per heavy atom. The highest BCUT2D eigenvalue weighted by Crippen LogP contribution is 2.21. The highest BCUT2D eigenvalue weighted by Gasteiger charge is 2.09. The lowest BCUT2D eigenvalue weighted by Gasteiger charge is -1.99. The van der Waals surface area contributed by atoms with E-state index in [0.29, 0.717) is 5.92 Å². The topological polar surface area (TPSA) is 17.8 Å². The van der Waals surface area contributed by atoms with Gasteiger partial charge in [0, 0.05) is 18.8 Å². The van der Waals surface area contributed by atoms with Gasteiger partial charge in [0.25, 0.3) is 0 Å². The van der Waals surface area contributed by atoms with E-state index in [1.165, 1.54) is 5.56 Å². The van der Waals surface area contributed by atoms with Gasteiger partial charge in [-0.05, 0) is 5.92 Å². The Morgan fingerprint density at radius 3 is 2.33 bits per heavy atom. The molecule has 1 aromatic carbocycles. The van der Waals surface area contributed by atoms with Crippen molar-refractivity contribution in [2.75, 3.05) is 0 Å². The van der Waals surface area contributed by atoms with Crippen LogP contribution in [0.1, 0.15) is 25.5 Å². The summed E-state index contributed by atoms with van der Waals surface area (Å²) in [6.07, 6.45) is 2.10. The zero-order valence-electron chi connectivity index (χ0n) is 9.44. The van der Waals surface area contributed by atoms with E-state index >= 15 is 0 Å². The van der Waals surface area contributed by atoms with Crippen LogP contribution in [0.5, 0.6) is 0 Å². The third-order valence-corrected chi connectivity index (χ3v) is 2.52. The maximum atomic E-state index is 4.64. The maximum absolute atomic E-state index is 4.64. The van der Waals surface area contributed by atoms with Gasteiger partial charge in [0.2, 0.25) is 0 Å². The lowest BCUT2D eigenvalue weighted by molar-refractivity contribution is 0.829. The number of benzene rings is 1. The van der Waals surface area contributed by atoms with Gasteiger partial charge in [0.1, 0.15) is 5.82 Å². The van der Waals surface area contributed by atoms with Crippen molar-refractivity contribution in [1.82, 2.24) is 9.55 Å². The molecule has 0 atom stereocenters. The van der Waals surface area contributed by atoms with E-state index in [0.717, 1.165) is 11.5 Å². The second-order valence-corrected chi connectivity index (χ2v) is 4.12. The van der Waals surface area contributed by atoms with Gasteiger partial charge in [-0.15, -0.1) is 0 Å². The summed E-state index contributed by atoms with van der Waals surface area (Å²) in [5.74, 6) is 1.52. The van der Waals surface area contributed by atoms with E-state index in [1.54, 1.807) is 0 Å². The predicted molar refractivity (Wildman–Crippen MR) is 62.7 cm³/mol. The molecule has 0 saturated carbocycles. The van der Waals surface area contributed by atoms with E-state index < -0.39 is 0 Å². The monoisotopic (exact) mass is 200 g/mol. The average molecular weight is 200 g/mol.